The van der Waals surface area contributed by atoms with Gasteiger partial charge in [0, 0.05) is 11.5 Å². The van der Waals surface area contributed by atoms with Gasteiger partial charge >= 0.3 is 0 Å². The van der Waals surface area contributed by atoms with Crippen LogP contribution in [-0.2, 0) is 20.8 Å². The lowest BCUT2D eigenvalue weighted by Crippen LogP contribution is -2.65. The zero-order valence-corrected chi connectivity index (χ0v) is 21.6. The predicted octanol–water partition coefficient (Wildman–Crippen LogP) is 2.25. The number of rotatable bonds is 3. The summed E-state index contributed by atoms with van der Waals surface area (Å²) in [4.78, 5) is 40.7. The van der Waals surface area contributed by atoms with Crippen LogP contribution in [-0.4, -0.2) is 68.5 Å². The fourth-order valence-electron chi connectivity index (χ4n) is 6.64. The Morgan fingerprint density at radius 3 is 2.26 bits per heavy atom. The number of likely N-dealkylation sites (N-methyl/N-ethyl adjacent to an activating group) is 1. The first-order chi connectivity index (χ1) is 17.8. The number of benzene rings is 2. The third-order valence-electron chi connectivity index (χ3n) is 8.14. The van der Waals surface area contributed by atoms with E-state index in [1.54, 1.807) is 20.2 Å². The highest BCUT2D eigenvalue weighted by atomic mass is 16.3. The standard InChI is InChI=1S/C29H30N2O7/c1-12-7-13(2)9-14(8-12)16-5-6-19(32)21-17(16)10-15-11-18-23(31(3)4)25(34)22(28(30)37)27(36)29(18,38)26(35)20(15)24(21)33/h5-9,15,18,23,32-33,36,38H,10-11H2,1-4H3,(H2,30,37)/t15?,18?,23-,29-/m0/s1. The fourth-order valence-corrected chi connectivity index (χ4v) is 6.64. The first kappa shape index (κ1) is 25.7. The highest BCUT2D eigenvalue weighted by Gasteiger charge is 2.64. The summed E-state index contributed by atoms with van der Waals surface area (Å²) in [6.07, 6.45) is 0.291. The smallest absolute Gasteiger partial charge is 0.255 e. The molecule has 0 aliphatic heterocycles. The van der Waals surface area contributed by atoms with E-state index in [-0.39, 0.29) is 29.7 Å². The van der Waals surface area contributed by atoms with E-state index in [0.29, 0.717) is 5.56 Å². The zero-order chi connectivity index (χ0) is 27.8. The summed E-state index contributed by atoms with van der Waals surface area (Å²) in [5, 5.41) is 44.8. The van der Waals surface area contributed by atoms with Gasteiger partial charge in [-0.2, -0.15) is 0 Å². The van der Waals surface area contributed by atoms with E-state index >= 15 is 0 Å². The SMILES string of the molecule is Cc1cc(C)cc(-c2ccc(O)c3c2CC2CC4[C@H](N(C)C)C(=O)C(C(N)=O)=C(O)[C@@]4(O)C(=O)C2=C3O)c1. The van der Waals surface area contributed by atoms with Gasteiger partial charge in [0.05, 0.1) is 11.6 Å². The Bertz CT molecular complexity index is 1480. The van der Waals surface area contributed by atoms with Gasteiger partial charge in [-0.15, -0.1) is 0 Å². The highest BCUT2D eigenvalue weighted by molar-refractivity contribution is 6.24. The number of aryl methyl sites for hydroxylation is 2. The first-order valence-corrected chi connectivity index (χ1v) is 12.4. The Balaban J connectivity index is 1.75. The molecule has 0 spiro atoms. The van der Waals surface area contributed by atoms with Crippen molar-refractivity contribution >= 4 is 23.2 Å². The summed E-state index contributed by atoms with van der Waals surface area (Å²) in [7, 11) is 3.15. The van der Waals surface area contributed by atoms with E-state index in [1.165, 1.54) is 11.0 Å². The van der Waals surface area contributed by atoms with Gasteiger partial charge in [0.2, 0.25) is 5.78 Å². The van der Waals surface area contributed by atoms with Gasteiger partial charge in [-0.1, -0.05) is 35.4 Å². The number of phenolic OH excluding ortho intramolecular Hbond substituents is 1. The van der Waals surface area contributed by atoms with Gasteiger partial charge in [0.15, 0.2) is 11.4 Å². The zero-order valence-electron chi connectivity index (χ0n) is 21.6. The van der Waals surface area contributed by atoms with Crippen LogP contribution in [0.4, 0.5) is 0 Å². The van der Waals surface area contributed by atoms with Gasteiger partial charge in [0.1, 0.15) is 22.8 Å². The Hall–Kier alpha value is -3.95. The molecule has 3 aliphatic carbocycles. The molecule has 9 nitrogen and oxygen atoms in total. The van der Waals surface area contributed by atoms with Crippen molar-refractivity contribution in [3.8, 4) is 16.9 Å². The molecule has 1 amide bonds. The van der Waals surface area contributed by atoms with Crippen molar-refractivity contribution in [1.82, 2.24) is 4.90 Å². The number of nitrogens with two attached hydrogens (primary N) is 1. The van der Waals surface area contributed by atoms with Gasteiger partial charge in [0.25, 0.3) is 5.91 Å². The lowest BCUT2D eigenvalue weighted by Gasteiger charge is -2.50. The van der Waals surface area contributed by atoms with Crippen molar-refractivity contribution in [2.45, 2.75) is 38.3 Å². The van der Waals surface area contributed by atoms with Crippen LogP contribution in [0.1, 0.15) is 28.7 Å². The maximum absolute atomic E-state index is 13.9. The van der Waals surface area contributed by atoms with Crippen molar-refractivity contribution < 1.29 is 34.8 Å². The highest BCUT2D eigenvalue weighted by Crippen LogP contribution is 2.53. The van der Waals surface area contributed by atoms with Crippen molar-refractivity contribution in [3.63, 3.8) is 0 Å². The lowest BCUT2D eigenvalue weighted by atomic mass is 9.57. The molecule has 1 fully saturated rings. The maximum atomic E-state index is 13.9. The number of nitrogens with zero attached hydrogens (tertiary/aromatic N) is 1. The second kappa shape index (κ2) is 8.54. The molecular formula is C29H30N2O7. The van der Waals surface area contributed by atoms with E-state index in [4.69, 9.17) is 5.73 Å². The number of aliphatic hydroxyl groups is 3. The lowest BCUT2D eigenvalue weighted by molar-refractivity contribution is -0.153. The van der Waals surface area contributed by atoms with Gasteiger partial charge in [-0.05, 0) is 69.5 Å². The van der Waals surface area contributed by atoms with Crippen LogP contribution < -0.4 is 5.73 Å². The number of fused-ring (bicyclic) bond motifs is 3. The number of aromatic hydroxyl groups is 1. The molecule has 0 aromatic heterocycles. The third kappa shape index (κ3) is 3.42. The molecular weight excluding hydrogens is 488 g/mol. The van der Waals surface area contributed by atoms with Crippen molar-refractivity contribution in [3.05, 3.63) is 69.5 Å². The molecule has 5 rings (SSSR count). The van der Waals surface area contributed by atoms with Crippen LogP contribution in [0, 0.1) is 25.7 Å². The molecule has 2 aromatic rings. The number of hydrogen-bond donors (Lipinski definition) is 5. The molecule has 1 saturated carbocycles. The summed E-state index contributed by atoms with van der Waals surface area (Å²) in [6, 6.07) is 8.12. The van der Waals surface area contributed by atoms with E-state index in [0.717, 1.165) is 22.3 Å². The van der Waals surface area contributed by atoms with Crippen molar-refractivity contribution in [1.29, 1.82) is 0 Å². The Kier molecular flexibility index (Phi) is 5.77. The Morgan fingerprint density at radius 1 is 1.05 bits per heavy atom. The largest absolute Gasteiger partial charge is 0.508 e. The molecule has 6 N–H and O–H groups in total. The average Bonchev–Trinajstić information content (AvgIpc) is 2.80. The van der Waals surface area contributed by atoms with E-state index < -0.39 is 58.0 Å². The fraction of sp³-hybridized carbons (Fsp3) is 0.345. The molecule has 9 heteroatoms. The van der Waals surface area contributed by atoms with Crippen molar-refractivity contribution in [2.75, 3.05) is 14.1 Å². The molecule has 3 aliphatic rings. The predicted molar refractivity (Wildman–Crippen MR) is 139 cm³/mol. The van der Waals surface area contributed by atoms with Crippen LogP contribution in [0.2, 0.25) is 0 Å². The molecule has 198 valence electrons. The van der Waals surface area contributed by atoms with E-state index in [9.17, 15) is 34.8 Å². The number of Topliss-reactive ketones (excluding diaryl/α,β-unsaturated/α-hetero) is 2. The molecule has 2 unspecified atom stereocenters. The maximum Gasteiger partial charge on any atom is 0.255 e. The minimum absolute atomic E-state index is 0.0493. The molecule has 0 radical (unpaired) electrons. The van der Waals surface area contributed by atoms with Crippen LogP contribution >= 0.6 is 0 Å². The van der Waals surface area contributed by atoms with E-state index in [2.05, 4.69) is 0 Å². The van der Waals surface area contributed by atoms with E-state index in [1.807, 2.05) is 32.0 Å². The van der Waals surface area contributed by atoms with Gasteiger partial charge in [-0.3, -0.25) is 19.3 Å². The van der Waals surface area contributed by atoms with Crippen LogP contribution in [0.3, 0.4) is 0 Å². The molecule has 0 bridgehead atoms. The number of carbonyl (C=O) groups excluding carboxylic acids is 3. The number of ketones is 2. The van der Waals surface area contributed by atoms with Crippen LogP contribution in [0.25, 0.3) is 16.9 Å². The minimum Gasteiger partial charge on any atom is -0.508 e. The molecule has 0 heterocycles. The van der Waals surface area contributed by atoms with Crippen molar-refractivity contribution in [2.24, 2.45) is 17.6 Å². The number of aliphatic hydroxyl groups excluding tert-OH is 2. The van der Waals surface area contributed by atoms with Crippen LogP contribution in [0.5, 0.6) is 5.75 Å². The Labute approximate surface area is 219 Å². The topological polar surface area (TPSA) is 161 Å². The average molecular weight is 519 g/mol. The van der Waals surface area contributed by atoms with Crippen LogP contribution in [0.15, 0.2) is 47.2 Å². The second-order valence-electron chi connectivity index (χ2n) is 10.8. The summed E-state index contributed by atoms with van der Waals surface area (Å²) in [5.41, 5.74) is 6.19. The summed E-state index contributed by atoms with van der Waals surface area (Å²) < 4.78 is 0. The molecule has 4 atom stereocenters. The molecule has 2 aromatic carbocycles. The first-order valence-electron chi connectivity index (χ1n) is 12.4. The van der Waals surface area contributed by atoms with Gasteiger partial charge in [-0.25, -0.2) is 0 Å². The van der Waals surface area contributed by atoms with Gasteiger partial charge < -0.3 is 26.2 Å². The summed E-state index contributed by atoms with van der Waals surface area (Å²) >= 11 is 0. The summed E-state index contributed by atoms with van der Waals surface area (Å²) in [5.74, 6) is -6.61. The third-order valence-corrected chi connectivity index (χ3v) is 8.14. The monoisotopic (exact) mass is 518 g/mol. The quantitative estimate of drug-likeness (QED) is 0.387. The number of hydrogen-bond acceptors (Lipinski definition) is 8. The minimum atomic E-state index is -2.65. The summed E-state index contributed by atoms with van der Waals surface area (Å²) in [6.45, 7) is 3.95. The number of primary amides is 1. The number of carbonyl (C=O) groups is 3. The normalized spacial score (nSPS) is 26.8. The number of amides is 1. The Morgan fingerprint density at radius 2 is 1.68 bits per heavy atom. The second-order valence-corrected chi connectivity index (χ2v) is 10.8. The molecule has 0 saturated heterocycles. The number of phenols is 1. The molecule has 38 heavy (non-hydrogen) atoms.